The van der Waals surface area contributed by atoms with E-state index in [1.165, 1.54) is 6.42 Å². The summed E-state index contributed by atoms with van der Waals surface area (Å²) in [4.78, 5) is 0. The molecule has 0 saturated carbocycles. The number of halogens is 2. The van der Waals surface area contributed by atoms with Crippen molar-refractivity contribution in [2.24, 2.45) is 0 Å². The molecule has 0 saturated heterocycles. The predicted octanol–water partition coefficient (Wildman–Crippen LogP) is 0.769. The van der Waals surface area contributed by atoms with Crippen LogP contribution in [0.1, 0.15) is 6.42 Å². The molecule has 0 radical (unpaired) electrons. The quantitative estimate of drug-likeness (QED) is 0.565. The van der Waals surface area contributed by atoms with Gasteiger partial charge in [0.05, 0.1) is 0 Å². The minimum atomic E-state index is 0. The zero-order valence-corrected chi connectivity index (χ0v) is 8.35. The second-order valence-corrected chi connectivity index (χ2v) is 2.90. The van der Waals surface area contributed by atoms with Crippen LogP contribution < -0.4 is 0 Å². The van der Waals surface area contributed by atoms with E-state index in [4.69, 9.17) is 0 Å². The van der Waals surface area contributed by atoms with Crippen molar-refractivity contribution in [3.05, 3.63) is 21.5 Å². The molecule has 0 amide bonds. The van der Waals surface area contributed by atoms with Gasteiger partial charge in [-0.3, -0.25) is 0 Å². The van der Waals surface area contributed by atoms with Crippen LogP contribution in [0.4, 0.5) is 0 Å². The van der Waals surface area contributed by atoms with Gasteiger partial charge in [-0.15, -0.1) is 24.8 Å². The molecule has 0 aromatic heterocycles. The van der Waals surface area contributed by atoms with Gasteiger partial charge >= 0.3 is 52.6 Å². The van der Waals surface area contributed by atoms with Crippen LogP contribution in [-0.2, 0) is 24.7 Å². The summed E-state index contributed by atoms with van der Waals surface area (Å²) in [6.45, 7) is 0. The molecular formula is C5H11Cl2SiZr. The van der Waals surface area contributed by atoms with Gasteiger partial charge in [0.1, 0.15) is 0 Å². The Morgan fingerprint density at radius 3 is 2.00 bits per heavy atom. The van der Waals surface area contributed by atoms with Crippen molar-refractivity contribution in [1.29, 1.82) is 0 Å². The van der Waals surface area contributed by atoms with Crippen LogP contribution in [0.15, 0.2) is 21.5 Å². The van der Waals surface area contributed by atoms with Crippen LogP contribution in [0.5, 0.6) is 0 Å². The second-order valence-electron chi connectivity index (χ2n) is 1.32. The van der Waals surface area contributed by atoms with E-state index in [0.717, 1.165) is 0 Å². The van der Waals surface area contributed by atoms with E-state index in [9.17, 15) is 0 Å². The maximum absolute atomic E-state index is 2.18. The first-order valence-electron chi connectivity index (χ1n) is 1.97. The fourth-order valence-corrected chi connectivity index (χ4v) is 0.973. The summed E-state index contributed by atoms with van der Waals surface area (Å²) in [5.74, 6) is 0. The van der Waals surface area contributed by atoms with Gasteiger partial charge in [0.25, 0.3) is 0 Å². The average Bonchev–Trinajstić information content (AvgIpc) is 1.86. The van der Waals surface area contributed by atoms with Crippen LogP contribution >= 0.6 is 24.8 Å². The van der Waals surface area contributed by atoms with Gasteiger partial charge in [-0.1, -0.05) is 0 Å². The van der Waals surface area contributed by atoms with Crippen LogP contribution in [0.3, 0.4) is 0 Å². The van der Waals surface area contributed by atoms with Crippen LogP contribution in [-0.4, -0.2) is 11.0 Å². The molecule has 0 aromatic carbocycles. The third-order valence-corrected chi connectivity index (χ3v) is 1.68. The SMILES string of the molecule is Cl.Cl.[SiH4].[Zr][C]1=CC=CC1. The molecule has 0 bridgehead atoms. The number of hydrogen-bond acceptors (Lipinski definition) is 0. The van der Waals surface area contributed by atoms with Gasteiger partial charge < -0.3 is 0 Å². The molecule has 0 aromatic rings. The number of allylic oxidation sites excluding steroid dienone is 4. The van der Waals surface area contributed by atoms with Gasteiger partial charge in [-0.05, 0) is 11.0 Å². The van der Waals surface area contributed by atoms with Gasteiger partial charge in [0, 0.05) is 0 Å². The maximum atomic E-state index is 2.18. The van der Waals surface area contributed by atoms with Gasteiger partial charge in [-0.25, -0.2) is 0 Å². The standard InChI is InChI=1S/C5H5.2ClH.H4Si.Zr/c1-2-4-5-3-1;;;;/h1-3H,4H2;2*1H;1H4;. The molecule has 0 fully saturated rings. The Morgan fingerprint density at radius 1 is 1.33 bits per heavy atom. The number of rotatable bonds is 0. The van der Waals surface area contributed by atoms with Crippen LogP contribution in [0.2, 0.25) is 0 Å². The van der Waals surface area contributed by atoms with E-state index in [2.05, 4.69) is 18.2 Å². The Morgan fingerprint density at radius 2 is 1.89 bits per heavy atom. The Labute approximate surface area is 87.9 Å². The van der Waals surface area contributed by atoms with E-state index in [-0.39, 0.29) is 35.8 Å². The predicted molar refractivity (Wildman–Crippen MR) is 47.7 cm³/mol. The van der Waals surface area contributed by atoms with Crippen molar-refractivity contribution < 1.29 is 24.7 Å². The summed E-state index contributed by atoms with van der Waals surface area (Å²) < 4.78 is 1.56. The van der Waals surface area contributed by atoms with Crippen molar-refractivity contribution >= 4 is 35.8 Å². The van der Waals surface area contributed by atoms with E-state index in [0.29, 0.717) is 0 Å². The molecule has 0 N–H and O–H groups in total. The first-order valence-corrected chi connectivity index (χ1v) is 3.20. The molecule has 1 aliphatic carbocycles. The molecule has 0 nitrogen and oxygen atoms in total. The topological polar surface area (TPSA) is 0 Å². The third-order valence-electron chi connectivity index (χ3n) is 0.771. The normalized spacial score (nSPS) is 12.1. The first kappa shape index (κ1) is 16.6. The summed E-state index contributed by atoms with van der Waals surface area (Å²) in [5.41, 5.74) is 0. The zero-order valence-electron chi connectivity index (χ0n) is 4.26. The minimum absolute atomic E-state index is 0. The van der Waals surface area contributed by atoms with Gasteiger partial charge in [-0.2, -0.15) is 0 Å². The van der Waals surface area contributed by atoms with Crippen LogP contribution in [0.25, 0.3) is 0 Å². The van der Waals surface area contributed by atoms with Crippen molar-refractivity contribution in [3.63, 3.8) is 0 Å². The van der Waals surface area contributed by atoms with E-state index < -0.39 is 0 Å². The first-order chi connectivity index (χ1) is 2.89. The van der Waals surface area contributed by atoms with E-state index >= 15 is 0 Å². The van der Waals surface area contributed by atoms with E-state index in [1.807, 2.05) is 0 Å². The molecular weight excluding hydrogens is 250 g/mol. The Balaban J connectivity index is -0.000000120. The molecule has 0 unspecified atom stereocenters. The molecule has 1 aliphatic rings. The molecule has 53 valence electrons. The molecule has 0 aliphatic heterocycles. The summed E-state index contributed by atoms with van der Waals surface area (Å²) in [7, 11) is 0. The van der Waals surface area contributed by atoms with Crippen molar-refractivity contribution in [2.45, 2.75) is 6.42 Å². The van der Waals surface area contributed by atoms with Crippen molar-refractivity contribution in [3.8, 4) is 0 Å². The molecule has 9 heavy (non-hydrogen) atoms. The fourth-order valence-electron chi connectivity index (χ4n) is 0.447. The molecule has 0 spiro atoms. The monoisotopic (exact) mass is 259 g/mol. The Kier molecular flexibility index (Phi) is 16.9. The van der Waals surface area contributed by atoms with Crippen LogP contribution in [0, 0.1) is 0 Å². The third kappa shape index (κ3) is 7.05. The van der Waals surface area contributed by atoms with Gasteiger partial charge in [0.2, 0.25) is 0 Å². The summed E-state index contributed by atoms with van der Waals surface area (Å²) in [6, 6.07) is 0. The summed E-state index contributed by atoms with van der Waals surface area (Å²) in [6.07, 6.45) is 7.69. The summed E-state index contributed by atoms with van der Waals surface area (Å²) in [5, 5.41) is 0. The Hall–Kier alpha value is 1.16. The summed E-state index contributed by atoms with van der Waals surface area (Å²) >= 11 is 1.56. The molecule has 4 heteroatoms. The van der Waals surface area contributed by atoms with Crippen molar-refractivity contribution in [2.75, 3.05) is 0 Å². The molecule has 0 heterocycles. The second kappa shape index (κ2) is 9.16. The van der Waals surface area contributed by atoms with Gasteiger partial charge in [0.15, 0.2) is 0 Å². The number of hydrogen-bond donors (Lipinski definition) is 0. The average molecular weight is 261 g/mol. The molecule has 1 rings (SSSR count). The van der Waals surface area contributed by atoms with Crippen molar-refractivity contribution in [1.82, 2.24) is 0 Å². The fraction of sp³-hybridized carbons (Fsp3) is 0.200. The molecule has 0 atom stereocenters. The zero-order chi connectivity index (χ0) is 4.41. The Bertz CT molecular complexity index is 112. The van der Waals surface area contributed by atoms with E-state index in [1.54, 1.807) is 28.0 Å².